The van der Waals surface area contributed by atoms with Crippen molar-refractivity contribution in [2.45, 2.75) is 33.7 Å². The number of ether oxygens (including phenoxy) is 2. The number of anilines is 2. The van der Waals surface area contributed by atoms with Gasteiger partial charge in [-0.3, -0.25) is 14.5 Å². The van der Waals surface area contributed by atoms with Gasteiger partial charge in [0.15, 0.2) is 0 Å². The Morgan fingerprint density at radius 1 is 0.923 bits per heavy atom. The van der Waals surface area contributed by atoms with Crippen molar-refractivity contribution < 1.29 is 24.2 Å². The summed E-state index contributed by atoms with van der Waals surface area (Å²) in [5.74, 6) is -1.29. The van der Waals surface area contributed by atoms with Crippen LogP contribution in [-0.2, 0) is 9.59 Å². The number of ketones is 1. The van der Waals surface area contributed by atoms with Crippen molar-refractivity contribution in [2.75, 3.05) is 37.1 Å². The number of halogens is 1. The van der Waals surface area contributed by atoms with Crippen LogP contribution >= 0.6 is 11.6 Å². The molecule has 3 aromatic carbocycles. The van der Waals surface area contributed by atoms with Crippen molar-refractivity contribution in [3.63, 3.8) is 0 Å². The zero-order chi connectivity index (χ0) is 28.4. The molecule has 1 amide bonds. The monoisotopic (exact) mass is 548 g/mol. The zero-order valence-electron chi connectivity index (χ0n) is 23.0. The fraction of sp³-hybridized carbons (Fsp3) is 0.290. The van der Waals surface area contributed by atoms with Gasteiger partial charge in [-0.15, -0.1) is 0 Å². The third kappa shape index (κ3) is 5.19. The van der Waals surface area contributed by atoms with Gasteiger partial charge in [0, 0.05) is 30.5 Å². The first kappa shape index (κ1) is 28.0. The summed E-state index contributed by atoms with van der Waals surface area (Å²) in [6.45, 7) is 9.72. The summed E-state index contributed by atoms with van der Waals surface area (Å²) in [7, 11) is 2.91. The van der Waals surface area contributed by atoms with Gasteiger partial charge in [0.2, 0.25) is 0 Å². The van der Waals surface area contributed by atoms with Gasteiger partial charge in [-0.25, -0.2) is 0 Å². The molecule has 8 heteroatoms. The Morgan fingerprint density at radius 2 is 1.51 bits per heavy atom. The molecule has 0 spiro atoms. The van der Waals surface area contributed by atoms with Crippen LogP contribution in [0.3, 0.4) is 0 Å². The van der Waals surface area contributed by atoms with Crippen LogP contribution in [0.2, 0.25) is 5.02 Å². The zero-order valence-corrected chi connectivity index (χ0v) is 23.8. The third-order valence-corrected chi connectivity index (χ3v) is 7.29. The lowest BCUT2D eigenvalue weighted by molar-refractivity contribution is -0.132. The van der Waals surface area contributed by atoms with Gasteiger partial charge in [-0.2, -0.15) is 0 Å². The van der Waals surface area contributed by atoms with E-state index in [0.29, 0.717) is 17.0 Å². The highest BCUT2D eigenvalue weighted by Gasteiger charge is 2.47. The lowest BCUT2D eigenvalue weighted by Gasteiger charge is -2.27. The number of carbonyl (C=O) groups excluding carboxylic acids is 2. The van der Waals surface area contributed by atoms with Gasteiger partial charge in [0.1, 0.15) is 17.3 Å². The van der Waals surface area contributed by atoms with Crippen molar-refractivity contribution >= 4 is 40.4 Å². The molecule has 3 aromatic rings. The minimum atomic E-state index is -0.873. The van der Waals surface area contributed by atoms with Gasteiger partial charge in [0.05, 0.1) is 36.4 Å². The third-order valence-electron chi connectivity index (χ3n) is 7.00. The van der Waals surface area contributed by atoms with Crippen LogP contribution in [0.5, 0.6) is 11.5 Å². The van der Waals surface area contributed by atoms with Crippen molar-refractivity contribution in [3.8, 4) is 11.5 Å². The van der Waals surface area contributed by atoms with E-state index in [1.165, 1.54) is 31.3 Å². The second-order valence-corrected chi connectivity index (χ2v) is 9.87. The molecule has 1 atom stereocenters. The number of benzene rings is 3. The van der Waals surface area contributed by atoms with Gasteiger partial charge in [-0.05, 0) is 74.7 Å². The summed E-state index contributed by atoms with van der Waals surface area (Å²) in [5.41, 5.74) is 4.32. The Morgan fingerprint density at radius 3 is 2.05 bits per heavy atom. The normalized spacial score (nSPS) is 16.5. The maximum absolute atomic E-state index is 13.6. The Hall–Kier alpha value is -3.97. The molecule has 7 nitrogen and oxygen atoms in total. The van der Waals surface area contributed by atoms with E-state index in [2.05, 4.69) is 18.7 Å². The summed E-state index contributed by atoms with van der Waals surface area (Å²) in [6, 6.07) is 15.6. The largest absolute Gasteiger partial charge is 0.507 e. The molecular formula is C31H33ClN2O5. The van der Waals surface area contributed by atoms with Crippen LogP contribution in [0.4, 0.5) is 11.4 Å². The fourth-order valence-electron chi connectivity index (χ4n) is 5.15. The second kappa shape index (κ2) is 11.4. The molecule has 0 aliphatic carbocycles. The average Bonchev–Trinajstić information content (AvgIpc) is 3.18. The molecule has 0 aromatic heterocycles. The molecule has 204 valence electrons. The molecule has 1 N–H and O–H groups in total. The first-order chi connectivity index (χ1) is 18.6. The van der Waals surface area contributed by atoms with Crippen molar-refractivity contribution in [1.82, 2.24) is 0 Å². The van der Waals surface area contributed by atoms with Gasteiger partial charge in [0.25, 0.3) is 11.7 Å². The number of aliphatic hydroxyl groups excluding tert-OH is 1. The number of amides is 1. The standard InChI is InChI=1S/C31H33ClN2O5/c1-7-33(8-2)21-11-9-20(10-12-21)28-27(29(35)23-16-24(32)26(39-6)17-25(23)38-5)30(36)31(37)34(28)22-14-18(3)13-19(4)15-22/h9-17,28,35H,7-8H2,1-6H3/b29-27+. The van der Waals surface area contributed by atoms with Crippen molar-refractivity contribution in [3.05, 3.63) is 87.4 Å². The Kier molecular flexibility index (Phi) is 8.21. The molecule has 1 fully saturated rings. The highest BCUT2D eigenvalue weighted by molar-refractivity contribution is 6.51. The van der Waals surface area contributed by atoms with E-state index in [1.54, 1.807) is 0 Å². The van der Waals surface area contributed by atoms with Gasteiger partial charge >= 0.3 is 0 Å². The summed E-state index contributed by atoms with van der Waals surface area (Å²) >= 11 is 6.38. The van der Waals surface area contributed by atoms with Crippen LogP contribution in [0.15, 0.2) is 60.2 Å². The topological polar surface area (TPSA) is 79.3 Å². The summed E-state index contributed by atoms with van der Waals surface area (Å²) < 4.78 is 10.8. The van der Waals surface area contributed by atoms with E-state index in [-0.39, 0.29) is 27.7 Å². The lowest BCUT2D eigenvalue weighted by atomic mass is 9.94. The van der Waals surface area contributed by atoms with E-state index < -0.39 is 17.7 Å². The Balaban J connectivity index is 1.97. The van der Waals surface area contributed by atoms with Crippen molar-refractivity contribution in [1.29, 1.82) is 0 Å². The number of carbonyl (C=O) groups is 2. The van der Waals surface area contributed by atoms with E-state index in [1.807, 2.05) is 56.3 Å². The van der Waals surface area contributed by atoms with E-state index in [4.69, 9.17) is 21.1 Å². The average molecular weight is 549 g/mol. The molecule has 0 saturated carbocycles. The molecule has 1 unspecified atom stereocenters. The number of methoxy groups -OCH3 is 2. The molecule has 0 radical (unpaired) electrons. The number of nitrogens with zero attached hydrogens (tertiary/aromatic N) is 2. The summed E-state index contributed by atoms with van der Waals surface area (Å²) in [5, 5.41) is 11.9. The number of rotatable bonds is 8. The number of aliphatic hydroxyl groups is 1. The first-order valence-electron chi connectivity index (χ1n) is 12.8. The smallest absolute Gasteiger partial charge is 0.300 e. The van der Waals surface area contributed by atoms with Crippen molar-refractivity contribution in [2.24, 2.45) is 0 Å². The number of hydrogen-bond acceptors (Lipinski definition) is 6. The minimum Gasteiger partial charge on any atom is -0.507 e. The van der Waals surface area contributed by atoms with E-state index in [9.17, 15) is 14.7 Å². The van der Waals surface area contributed by atoms with Gasteiger partial charge < -0.3 is 19.5 Å². The maximum atomic E-state index is 13.6. The van der Waals surface area contributed by atoms with Crippen LogP contribution in [0.25, 0.3) is 5.76 Å². The quantitative estimate of drug-likeness (QED) is 0.198. The SMILES string of the molecule is CCN(CC)c1ccc(C2/C(=C(\O)c3cc(Cl)c(OC)cc3OC)C(=O)C(=O)N2c2cc(C)cc(C)c2)cc1. The Labute approximate surface area is 234 Å². The van der Waals surface area contributed by atoms with Crippen LogP contribution in [0.1, 0.15) is 42.1 Å². The minimum absolute atomic E-state index is 0.0470. The number of aryl methyl sites for hydroxylation is 2. The second-order valence-electron chi connectivity index (χ2n) is 9.47. The van der Waals surface area contributed by atoms with E-state index >= 15 is 0 Å². The van der Waals surface area contributed by atoms with Crippen LogP contribution < -0.4 is 19.3 Å². The summed E-state index contributed by atoms with van der Waals surface area (Å²) in [6.07, 6.45) is 0. The predicted molar refractivity (Wildman–Crippen MR) is 155 cm³/mol. The van der Waals surface area contributed by atoms with E-state index in [0.717, 1.165) is 29.9 Å². The fourth-order valence-corrected chi connectivity index (χ4v) is 5.39. The Bertz CT molecular complexity index is 1420. The first-order valence-corrected chi connectivity index (χ1v) is 13.2. The molecule has 4 rings (SSSR count). The highest BCUT2D eigenvalue weighted by Crippen LogP contribution is 2.45. The number of Topliss-reactive ketones (excluding diaryl/α,β-unsaturated/α-hetero) is 1. The molecule has 1 heterocycles. The molecule has 39 heavy (non-hydrogen) atoms. The highest BCUT2D eigenvalue weighted by atomic mass is 35.5. The molecule has 1 aliphatic heterocycles. The number of hydrogen-bond donors (Lipinski definition) is 1. The predicted octanol–water partition coefficient (Wildman–Crippen LogP) is 6.45. The molecular weight excluding hydrogens is 516 g/mol. The van der Waals surface area contributed by atoms with Crippen LogP contribution in [-0.4, -0.2) is 44.1 Å². The molecule has 1 saturated heterocycles. The molecule has 1 aliphatic rings. The molecule has 0 bridgehead atoms. The van der Waals surface area contributed by atoms with Crippen LogP contribution in [0, 0.1) is 13.8 Å². The maximum Gasteiger partial charge on any atom is 0.300 e. The summed E-state index contributed by atoms with van der Waals surface area (Å²) in [4.78, 5) is 30.9. The van der Waals surface area contributed by atoms with Gasteiger partial charge in [-0.1, -0.05) is 29.8 Å². The lowest BCUT2D eigenvalue weighted by Crippen LogP contribution is -2.29.